The molecule has 110 valence electrons. The van der Waals surface area contributed by atoms with Crippen molar-refractivity contribution in [2.75, 3.05) is 33.5 Å². The number of nitrogens with zero attached hydrogens (tertiary/aromatic N) is 2. The molecule has 20 heavy (non-hydrogen) atoms. The molecule has 5 heteroatoms. The van der Waals surface area contributed by atoms with Crippen molar-refractivity contribution in [2.45, 2.75) is 13.0 Å². The maximum Gasteiger partial charge on any atom is 0.126 e. The minimum absolute atomic E-state index is 0.193. The molecule has 0 fully saturated rings. The maximum absolute atomic E-state index is 5.43. The van der Waals surface area contributed by atoms with Crippen LogP contribution in [0.5, 0.6) is 0 Å². The lowest BCUT2D eigenvalue weighted by atomic mass is 10.3. The van der Waals surface area contributed by atoms with E-state index in [-0.39, 0.29) is 6.04 Å². The summed E-state index contributed by atoms with van der Waals surface area (Å²) < 4.78 is 12.5. The first-order valence-corrected chi connectivity index (χ1v) is 6.95. The number of imidazole rings is 1. The Labute approximate surface area is 119 Å². The number of aryl methyl sites for hydroxylation is 1. The normalized spacial score (nSPS) is 12.9. The molecular weight excluding hydrogens is 254 g/mol. The Kier molecular flexibility index (Phi) is 5.52. The number of fused-ring (bicyclic) bond motifs is 1. The van der Waals surface area contributed by atoms with Gasteiger partial charge in [-0.25, -0.2) is 4.98 Å². The standard InChI is InChI=1S/C15H23N3O2/c1-12(16-8-9-20-11-10-19-3)15-17-13-6-4-5-7-14(13)18(15)2/h4-7,12,16H,8-11H2,1-3H3. The third-order valence-electron chi connectivity index (χ3n) is 3.34. The molecule has 0 radical (unpaired) electrons. The lowest BCUT2D eigenvalue weighted by Gasteiger charge is -2.13. The molecule has 0 bridgehead atoms. The molecule has 0 aliphatic heterocycles. The highest BCUT2D eigenvalue weighted by Crippen LogP contribution is 2.18. The van der Waals surface area contributed by atoms with Gasteiger partial charge in [0.25, 0.3) is 0 Å². The summed E-state index contributed by atoms with van der Waals surface area (Å²) in [7, 11) is 3.73. The van der Waals surface area contributed by atoms with Crippen LogP contribution in [0.25, 0.3) is 11.0 Å². The second-order valence-corrected chi connectivity index (χ2v) is 4.80. The number of ether oxygens (including phenoxy) is 2. The smallest absolute Gasteiger partial charge is 0.126 e. The predicted octanol–water partition coefficient (Wildman–Crippen LogP) is 1.89. The molecule has 0 aliphatic rings. The molecule has 1 atom stereocenters. The van der Waals surface area contributed by atoms with Crippen LogP contribution in [0.1, 0.15) is 18.8 Å². The molecule has 0 spiro atoms. The summed E-state index contributed by atoms with van der Waals surface area (Å²) in [6, 6.07) is 8.38. The first-order chi connectivity index (χ1) is 9.74. The maximum atomic E-state index is 5.43. The average Bonchev–Trinajstić information content (AvgIpc) is 2.80. The van der Waals surface area contributed by atoms with E-state index in [9.17, 15) is 0 Å². The quantitative estimate of drug-likeness (QED) is 0.749. The molecule has 2 rings (SSSR count). The van der Waals surface area contributed by atoms with Crippen LogP contribution in [-0.4, -0.2) is 43.0 Å². The van der Waals surface area contributed by atoms with E-state index in [1.165, 1.54) is 0 Å². The van der Waals surface area contributed by atoms with Crippen molar-refractivity contribution >= 4 is 11.0 Å². The van der Waals surface area contributed by atoms with Gasteiger partial charge in [-0.3, -0.25) is 0 Å². The van der Waals surface area contributed by atoms with E-state index in [0.717, 1.165) is 23.4 Å². The molecule has 1 unspecified atom stereocenters. The molecule has 1 aromatic carbocycles. The highest BCUT2D eigenvalue weighted by Gasteiger charge is 2.13. The van der Waals surface area contributed by atoms with E-state index < -0.39 is 0 Å². The fourth-order valence-electron chi connectivity index (χ4n) is 2.23. The summed E-state index contributed by atoms with van der Waals surface area (Å²) in [5.74, 6) is 1.04. The highest BCUT2D eigenvalue weighted by atomic mass is 16.5. The Hall–Kier alpha value is -1.43. The third-order valence-corrected chi connectivity index (χ3v) is 3.34. The van der Waals surface area contributed by atoms with Crippen LogP contribution >= 0.6 is 0 Å². The molecule has 1 heterocycles. The van der Waals surface area contributed by atoms with Crippen molar-refractivity contribution in [3.05, 3.63) is 30.1 Å². The predicted molar refractivity (Wildman–Crippen MR) is 79.8 cm³/mol. The summed E-state index contributed by atoms with van der Waals surface area (Å²) in [6.45, 7) is 4.88. The molecule has 1 aromatic heterocycles. The molecule has 0 aliphatic carbocycles. The second-order valence-electron chi connectivity index (χ2n) is 4.80. The highest BCUT2D eigenvalue weighted by molar-refractivity contribution is 5.75. The van der Waals surface area contributed by atoms with Crippen LogP contribution in [0.15, 0.2) is 24.3 Å². The monoisotopic (exact) mass is 277 g/mol. The van der Waals surface area contributed by atoms with Gasteiger partial charge in [0.1, 0.15) is 5.82 Å². The van der Waals surface area contributed by atoms with Gasteiger partial charge in [0.2, 0.25) is 0 Å². The van der Waals surface area contributed by atoms with Crippen molar-refractivity contribution in [2.24, 2.45) is 7.05 Å². The van der Waals surface area contributed by atoms with Gasteiger partial charge in [-0.2, -0.15) is 0 Å². The molecule has 0 saturated heterocycles. The van der Waals surface area contributed by atoms with Gasteiger partial charge in [0.05, 0.1) is 36.9 Å². The van der Waals surface area contributed by atoms with Gasteiger partial charge in [0.15, 0.2) is 0 Å². The number of aromatic nitrogens is 2. The summed E-state index contributed by atoms with van der Waals surface area (Å²) in [6.07, 6.45) is 0. The number of para-hydroxylation sites is 2. The number of hydrogen-bond acceptors (Lipinski definition) is 4. The molecule has 0 amide bonds. The van der Waals surface area contributed by atoms with Crippen LogP contribution in [-0.2, 0) is 16.5 Å². The summed E-state index contributed by atoms with van der Waals surface area (Å²) >= 11 is 0. The van der Waals surface area contributed by atoms with Crippen molar-refractivity contribution in [3.63, 3.8) is 0 Å². The number of nitrogens with one attached hydrogen (secondary N) is 1. The average molecular weight is 277 g/mol. The SMILES string of the molecule is COCCOCCNC(C)c1nc2ccccc2n1C. The lowest BCUT2D eigenvalue weighted by molar-refractivity contribution is 0.0711. The minimum Gasteiger partial charge on any atom is -0.382 e. The van der Waals surface area contributed by atoms with E-state index in [0.29, 0.717) is 19.8 Å². The zero-order valence-electron chi connectivity index (χ0n) is 12.4. The van der Waals surface area contributed by atoms with Crippen LogP contribution in [0.3, 0.4) is 0 Å². The molecule has 5 nitrogen and oxygen atoms in total. The zero-order valence-corrected chi connectivity index (χ0v) is 12.4. The Morgan fingerprint density at radius 2 is 2.05 bits per heavy atom. The summed E-state index contributed by atoms with van der Waals surface area (Å²) in [5.41, 5.74) is 2.20. The number of benzene rings is 1. The van der Waals surface area contributed by atoms with Crippen LogP contribution in [0.4, 0.5) is 0 Å². The Balaban J connectivity index is 1.88. The summed E-state index contributed by atoms with van der Waals surface area (Å²) in [5, 5.41) is 3.43. The lowest BCUT2D eigenvalue weighted by Crippen LogP contribution is -2.25. The van der Waals surface area contributed by atoms with E-state index in [1.54, 1.807) is 7.11 Å². The second kappa shape index (κ2) is 7.38. The van der Waals surface area contributed by atoms with Gasteiger partial charge in [-0.15, -0.1) is 0 Å². The van der Waals surface area contributed by atoms with Gasteiger partial charge in [-0.05, 0) is 19.1 Å². The Morgan fingerprint density at radius 1 is 1.25 bits per heavy atom. The van der Waals surface area contributed by atoms with E-state index >= 15 is 0 Å². The fraction of sp³-hybridized carbons (Fsp3) is 0.533. The summed E-state index contributed by atoms with van der Waals surface area (Å²) in [4.78, 5) is 4.68. The van der Waals surface area contributed by atoms with Crippen LogP contribution in [0, 0.1) is 0 Å². The van der Waals surface area contributed by atoms with E-state index in [4.69, 9.17) is 9.47 Å². The first kappa shape index (κ1) is 15.0. The number of rotatable bonds is 8. The van der Waals surface area contributed by atoms with Gasteiger partial charge >= 0.3 is 0 Å². The molecular formula is C15H23N3O2. The Bertz CT molecular complexity index is 539. The molecule has 1 N–H and O–H groups in total. The van der Waals surface area contributed by atoms with Crippen molar-refractivity contribution in [1.82, 2.24) is 14.9 Å². The van der Waals surface area contributed by atoms with Gasteiger partial charge in [0, 0.05) is 20.7 Å². The van der Waals surface area contributed by atoms with E-state index in [2.05, 4.69) is 34.9 Å². The minimum atomic E-state index is 0.193. The zero-order chi connectivity index (χ0) is 14.4. The fourth-order valence-corrected chi connectivity index (χ4v) is 2.23. The third kappa shape index (κ3) is 3.56. The first-order valence-electron chi connectivity index (χ1n) is 6.95. The van der Waals surface area contributed by atoms with Gasteiger partial charge < -0.3 is 19.4 Å². The number of methoxy groups -OCH3 is 1. The largest absolute Gasteiger partial charge is 0.382 e. The van der Waals surface area contributed by atoms with Gasteiger partial charge in [-0.1, -0.05) is 12.1 Å². The molecule has 2 aromatic rings. The van der Waals surface area contributed by atoms with Crippen LogP contribution in [0.2, 0.25) is 0 Å². The van der Waals surface area contributed by atoms with Crippen LogP contribution < -0.4 is 5.32 Å². The molecule has 0 saturated carbocycles. The van der Waals surface area contributed by atoms with E-state index in [1.807, 2.05) is 18.2 Å². The van der Waals surface area contributed by atoms with Crippen molar-refractivity contribution in [1.29, 1.82) is 0 Å². The Morgan fingerprint density at radius 3 is 2.80 bits per heavy atom. The topological polar surface area (TPSA) is 48.3 Å². The number of hydrogen-bond donors (Lipinski definition) is 1. The van der Waals surface area contributed by atoms with Crippen molar-refractivity contribution < 1.29 is 9.47 Å². The van der Waals surface area contributed by atoms with Crippen molar-refractivity contribution in [3.8, 4) is 0 Å².